The first-order chi connectivity index (χ1) is 9.72. The van der Waals surface area contributed by atoms with Gasteiger partial charge in [-0.15, -0.1) is 0 Å². The van der Waals surface area contributed by atoms with Gasteiger partial charge in [-0.1, -0.05) is 12.8 Å². The van der Waals surface area contributed by atoms with Crippen molar-refractivity contribution in [3.8, 4) is 0 Å². The van der Waals surface area contributed by atoms with E-state index in [1.165, 1.54) is 38.5 Å². The number of nitrogens with zero attached hydrogens (tertiary/aromatic N) is 2. The molecule has 2 atom stereocenters. The zero-order chi connectivity index (χ0) is 13.9. The predicted molar refractivity (Wildman–Crippen MR) is 78.7 cm³/mol. The third kappa shape index (κ3) is 3.73. The van der Waals surface area contributed by atoms with E-state index in [9.17, 15) is 4.79 Å². The van der Waals surface area contributed by atoms with Crippen LogP contribution in [0, 0.1) is 11.8 Å². The van der Waals surface area contributed by atoms with Crippen molar-refractivity contribution in [2.24, 2.45) is 11.8 Å². The van der Waals surface area contributed by atoms with Crippen LogP contribution in [0.2, 0.25) is 0 Å². The van der Waals surface area contributed by atoms with Crippen molar-refractivity contribution < 1.29 is 9.90 Å². The second kappa shape index (κ2) is 6.44. The smallest absolute Gasteiger partial charge is 0.304 e. The third-order valence-electron chi connectivity index (χ3n) is 5.54. The molecule has 4 heteroatoms. The first-order valence-corrected chi connectivity index (χ1v) is 8.40. The fourth-order valence-electron chi connectivity index (χ4n) is 4.13. The molecule has 0 bridgehead atoms. The highest BCUT2D eigenvalue weighted by atomic mass is 16.4. The summed E-state index contributed by atoms with van der Waals surface area (Å²) in [6.07, 6.45) is 8.97. The van der Waals surface area contributed by atoms with Crippen LogP contribution in [0.25, 0.3) is 0 Å². The lowest BCUT2D eigenvalue weighted by Crippen LogP contribution is -2.51. The van der Waals surface area contributed by atoms with Crippen LogP contribution in [0.3, 0.4) is 0 Å². The minimum Gasteiger partial charge on any atom is -0.481 e. The number of hydrogen-bond donors (Lipinski definition) is 1. The van der Waals surface area contributed by atoms with E-state index < -0.39 is 5.97 Å². The summed E-state index contributed by atoms with van der Waals surface area (Å²) in [5.74, 6) is 1.40. The molecule has 4 nitrogen and oxygen atoms in total. The molecule has 3 aliphatic rings. The van der Waals surface area contributed by atoms with Crippen molar-refractivity contribution in [3.63, 3.8) is 0 Å². The molecule has 3 fully saturated rings. The van der Waals surface area contributed by atoms with Gasteiger partial charge in [0.25, 0.3) is 0 Å². The second-order valence-corrected chi connectivity index (χ2v) is 6.94. The molecular weight excluding hydrogens is 252 g/mol. The first-order valence-electron chi connectivity index (χ1n) is 8.40. The van der Waals surface area contributed by atoms with E-state index in [4.69, 9.17) is 5.11 Å². The average molecular weight is 280 g/mol. The summed E-state index contributed by atoms with van der Waals surface area (Å²) >= 11 is 0. The fraction of sp³-hybridized carbons (Fsp3) is 0.938. The normalized spacial score (nSPS) is 33.2. The van der Waals surface area contributed by atoms with Gasteiger partial charge in [0.1, 0.15) is 0 Å². The number of carboxylic acids is 1. The van der Waals surface area contributed by atoms with Gasteiger partial charge < -0.3 is 10.0 Å². The van der Waals surface area contributed by atoms with E-state index in [1.54, 1.807) is 0 Å². The van der Waals surface area contributed by atoms with Gasteiger partial charge in [-0.05, 0) is 37.5 Å². The third-order valence-corrected chi connectivity index (χ3v) is 5.54. The number of carboxylic acid groups (broad SMARTS) is 1. The maximum Gasteiger partial charge on any atom is 0.304 e. The van der Waals surface area contributed by atoms with E-state index >= 15 is 0 Å². The van der Waals surface area contributed by atoms with Gasteiger partial charge in [0.15, 0.2) is 0 Å². The molecule has 0 aromatic rings. The maximum absolute atomic E-state index is 10.6. The summed E-state index contributed by atoms with van der Waals surface area (Å²) in [5, 5.41) is 8.75. The molecule has 3 rings (SSSR count). The fourth-order valence-corrected chi connectivity index (χ4v) is 4.13. The zero-order valence-electron chi connectivity index (χ0n) is 12.5. The van der Waals surface area contributed by atoms with E-state index in [-0.39, 0.29) is 6.42 Å². The van der Waals surface area contributed by atoms with Gasteiger partial charge in [-0.3, -0.25) is 9.69 Å². The standard InChI is InChI=1S/C16H28N2O2/c19-16(20)6-7-17-8-10-18(11-9-17)15-3-1-2-14(12-15)13-4-5-13/h13-15H,1-12H2,(H,19,20). The number of hydrogen-bond acceptors (Lipinski definition) is 3. The van der Waals surface area contributed by atoms with Crippen molar-refractivity contribution in [2.75, 3.05) is 32.7 Å². The molecule has 0 amide bonds. The highest BCUT2D eigenvalue weighted by Gasteiger charge is 2.36. The van der Waals surface area contributed by atoms with Crippen molar-refractivity contribution in [3.05, 3.63) is 0 Å². The van der Waals surface area contributed by atoms with Crippen molar-refractivity contribution in [1.29, 1.82) is 0 Å². The molecule has 2 aliphatic carbocycles. The van der Waals surface area contributed by atoms with Crippen molar-refractivity contribution >= 4 is 5.97 Å². The summed E-state index contributed by atoms with van der Waals surface area (Å²) in [6, 6.07) is 0.816. The van der Waals surface area contributed by atoms with Crippen LogP contribution >= 0.6 is 0 Å². The molecule has 0 spiro atoms. The molecule has 0 aromatic heterocycles. The van der Waals surface area contributed by atoms with Crippen LogP contribution in [0.5, 0.6) is 0 Å². The Hall–Kier alpha value is -0.610. The molecular formula is C16H28N2O2. The number of carbonyl (C=O) groups is 1. The van der Waals surface area contributed by atoms with E-state index in [0.717, 1.165) is 50.6 Å². The Bertz CT molecular complexity index is 335. The topological polar surface area (TPSA) is 43.8 Å². The minimum absolute atomic E-state index is 0.285. The Morgan fingerprint density at radius 1 is 1.00 bits per heavy atom. The van der Waals surface area contributed by atoms with Crippen molar-refractivity contribution in [1.82, 2.24) is 9.80 Å². The lowest BCUT2D eigenvalue weighted by atomic mass is 9.82. The van der Waals surface area contributed by atoms with Crippen LogP contribution < -0.4 is 0 Å². The molecule has 20 heavy (non-hydrogen) atoms. The van der Waals surface area contributed by atoms with Gasteiger partial charge in [0, 0.05) is 38.8 Å². The lowest BCUT2D eigenvalue weighted by molar-refractivity contribution is -0.137. The molecule has 1 aliphatic heterocycles. The Balaban J connectivity index is 1.42. The predicted octanol–water partition coefficient (Wildman–Crippen LogP) is 2.05. The van der Waals surface area contributed by atoms with E-state index in [0.29, 0.717) is 0 Å². The van der Waals surface area contributed by atoms with Gasteiger partial charge in [-0.2, -0.15) is 0 Å². The summed E-state index contributed by atoms with van der Waals surface area (Å²) < 4.78 is 0. The molecule has 1 heterocycles. The summed E-state index contributed by atoms with van der Waals surface area (Å²) in [5.41, 5.74) is 0. The number of rotatable bonds is 5. The van der Waals surface area contributed by atoms with Crippen LogP contribution in [-0.2, 0) is 4.79 Å². The number of aliphatic carboxylic acids is 1. The Labute approximate surface area is 122 Å². The van der Waals surface area contributed by atoms with Crippen LogP contribution in [0.4, 0.5) is 0 Å². The highest BCUT2D eigenvalue weighted by Crippen LogP contribution is 2.44. The average Bonchev–Trinajstić information content (AvgIpc) is 3.30. The monoisotopic (exact) mass is 280 g/mol. The molecule has 1 N–H and O–H groups in total. The van der Waals surface area contributed by atoms with E-state index in [2.05, 4.69) is 9.80 Å². The van der Waals surface area contributed by atoms with Crippen LogP contribution in [0.15, 0.2) is 0 Å². The Morgan fingerprint density at radius 2 is 1.75 bits per heavy atom. The van der Waals surface area contributed by atoms with Crippen LogP contribution in [0.1, 0.15) is 44.9 Å². The largest absolute Gasteiger partial charge is 0.481 e. The summed E-state index contributed by atoms with van der Waals surface area (Å²) in [7, 11) is 0. The molecule has 2 saturated carbocycles. The molecule has 0 radical (unpaired) electrons. The zero-order valence-corrected chi connectivity index (χ0v) is 12.5. The van der Waals surface area contributed by atoms with Crippen LogP contribution in [-0.4, -0.2) is 59.6 Å². The Morgan fingerprint density at radius 3 is 2.40 bits per heavy atom. The molecule has 1 saturated heterocycles. The first kappa shape index (κ1) is 14.3. The Kier molecular flexibility index (Phi) is 4.61. The maximum atomic E-state index is 10.6. The SMILES string of the molecule is O=C(O)CCN1CCN(C2CCCC(C3CC3)C2)CC1. The summed E-state index contributed by atoms with van der Waals surface area (Å²) in [4.78, 5) is 15.6. The van der Waals surface area contributed by atoms with E-state index in [1.807, 2.05) is 0 Å². The van der Waals surface area contributed by atoms with Gasteiger partial charge in [0.05, 0.1) is 6.42 Å². The number of piperazine rings is 1. The van der Waals surface area contributed by atoms with Crippen molar-refractivity contribution in [2.45, 2.75) is 51.0 Å². The second-order valence-electron chi connectivity index (χ2n) is 6.94. The molecule has 0 aromatic carbocycles. The van der Waals surface area contributed by atoms with Gasteiger partial charge in [-0.25, -0.2) is 0 Å². The van der Waals surface area contributed by atoms with Gasteiger partial charge >= 0.3 is 5.97 Å². The summed E-state index contributed by atoms with van der Waals surface area (Å²) in [6.45, 7) is 5.11. The minimum atomic E-state index is -0.674. The molecule has 114 valence electrons. The van der Waals surface area contributed by atoms with Gasteiger partial charge in [0.2, 0.25) is 0 Å². The quantitative estimate of drug-likeness (QED) is 0.837. The molecule has 2 unspecified atom stereocenters. The highest BCUT2D eigenvalue weighted by molar-refractivity contribution is 5.66. The lowest BCUT2D eigenvalue weighted by Gasteiger charge is -2.42.